The molecule has 18 heteroatoms. The fraction of sp³-hybridized carbons (Fsp3) is 1.00. The van der Waals surface area contributed by atoms with Gasteiger partial charge < -0.3 is 9.04 Å². The Balaban J connectivity index is 0. The second kappa shape index (κ2) is 14.2. The largest absolute Gasteiger partial charge is 0.746 e. The van der Waals surface area contributed by atoms with Crippen LogP contribution in [0.15, 0.2) is 0 Å². The highest BCUT2D eigenvalue weighted by molar-refractivity contribution is 7.86. The third kappa shape index (κ3) is 8.77. The number of nitrogens with zero attached hydrogens (tertiary/aromatic N) is 1. The maximum atomic E-state index is 13.2. The molecule has 0 saturated carbocycles. The summed E-state index contributed by atoms with van der Waals surface area (Å²) in [6.07, 6.45) is -31.8. The highest BCUT2D eigenvalue weighted by Gasteiger charge is 2.71. The van der Waals surface area contributed by atoms with Crippen molar-refractivity contribution < 1.29 is 74.5 Å². The SMILES string of the molecule is CC[N+](CC)(CC)CC.O=S(=O)([O-])C(F)C(F)(F)C(F)(F)C(F)C(F)C(F)C(F)C(F)C(F)C(F)F. The van der Waals surface area contributed by atoms with Crippen LogP contribution in [0.25, 0.3) is 0 Å². The van der Waals surface area contributed by atoms with Gasteiger partial charge in [-0.3, -0.25) is 0 Å². The predicted octanol–water partition coefficient (Wildman–Crippen LogP) is 5.27. The Morgan fingerprint density at radius 3 is 1.17 bits per heavy atom. The Morgan fingerprint density at radius 2 is 0.917 bits per heavy atom. The average molecular weight is 585 g/mol. The molecule has 0 spiro atoms. The Labute approximate surface area is 200 Å². The molecule has 0 aliphatic rings. The smallest absolute Gasteiger partial charge is 0.356 e. The van der Waals surface area contributed by atoms with Crippen LogP contribution in [0.3, 0.4) is 0 Å². The molecule has 0 aromatic rings. The van der Waals surface area contributed by atoms with Gasteiger partial charge in [-0.05, 0) is 27.7 Å². The highest BCUT2D eigenvalue weighted by atomic mass is 32.2. The summed E-state index contributed by atoms with van der Waals surface area (Å²) in [5.41, 5.74) is -5.35. The first kappa shape index (κ1) is 37.1. The first-order valence-electron chi connectivity index (χ1n) is 10.4. The van der Waals surface area contributed by atoms with E-state index in [1.165, 1.54) is 30.7 Å². The van der Waals surface area contributed by atoms with Gasteiger partial charge in [0.25, 0.3) is 11.9 Å². The molecule has 0 heterocycles. The summed E-state index contributed by atoms with van der Waals surface area (Å²) in [5, 5.41) is 0. The van der Waals surface area contributed by atoms with Gasteiger partial charge in [0, 0.05) is 0 Å². The first-order chi connectivity index (χ1) is 16.1. The third-order valence-electron chi connectivity index (χ3n) is 5.75. The number of alkyl halides is 13. The summed E-state index contributed by atoms with van der Waals surface area (Å²) in [4.78, 5) is 0. The van der Waals surface area contributed by atoms with Crippen molar-refractivity contribution in [3.8, 4) is 0 Å². The number of quaternary nitrogens is 1. The number of hydrogen-bond donors (Lipinski definition) is 0. The average Bonchev–Trinajstić information content (AvgIpc) is 2.81. The summed E-state index contributed by atoms with van der Waals surface area (Å²) < 4.78 is 198. The van der Waals surface area contributed by atoms with Crippen molar-refractivity contribution in [2.75, 3.05) is 26.2 Å². The van der Waals surface area contributed by atoms with Crippen LogP contribution < -0.4 is 0 Å². The van der Waals surface area contributed by atoms with E-state index in [4.69, 9.17) is 0 Å². The first-order valence-corrected chi connectivity index (χ1v) is 11.8. The molecule has 0 rings (SSSR count). The van der Waals surface area contributed by atoms with Gasteiger partial charge in [-0.2, -0.15) is 17.6 Å². The second-order valence-electron chi connectivity index (χ2n) is 7.62. The van der Waals surface area contributed by atoms with Crippen molar-refractivity contribution in [3.63, 3.8) is 0 Å². The second-order valence-corrected chi connectivity index (χ2v) is 9.02. The summed E-state index contributed by atoms with van der Waals surface area (Å²) >= 11 is 0. The minimum absolute atomic E-state index is 1.28. The van der Waals surface area contributed by atoms with E-state index in [0.29, 0.717) is 0 Å². The quantitative estimate of drug-likeness (QED) is 0.159. The van der Waals surface area contributed by atoms with Gasteiger partial charge in [0.05, 0.1) is 26.2 Å². The molecule has 0 radical (unpaired) electrons. The molecule has 4 nitrogen and oxygen atoms in total. The van der Waals surface area contributed by atoms with Crippen LogP contribution in [-0.2, 0) is 10.1 Å². The van der Waals surface area contributed by atoms with Crippen molar-refractivity contribution in [1.29, 1.82) is 0 Å². The molecule has 0 bridgehead atoms. The van der Waals surface area contributed by atoms with E-state index in [2.05, 4.69) is 27.7 Å². The zero-order valence-electron chi connectivity index (χ0n) is 19.4. The molecule has 0 amide bonds. The van der Waals surface area contributed by atoms with E-state index in [1.54, 1.807) is 0 Å². The number of rotatable bonds is 14. The highest BCUT2D eigenvalue weighted by Crippen LogP contribution is 2.45. The van der Waals surface area contributed by atoms with E-state index in [9.17, 15) is 70.0 Å². The minimum Gasteiger partial charge on any atom is -0.746 e. The monoisotopic (exact) mass is 585 g/mol. The molecule has 0 aromatic carbocycles. The molecule has 0 fully saturated rings. The lowest BCUT2D eigenvalue weighted by Crippen LogP contribution is -2.59. The zero-order chi connectivity index (χ0) is 29.4. The van der Waals surface area contributed by atoms with Gasteiger partial charge in [0.2, 0.25) is 6.17 Å². The summed E-state index contributed by atoms with van der Waals surface area (Å²) in [5.74, 6) is -13.6. The fourth-order valence-electron chi connectivity index (χ4n) is 2.89. The van der Waals surface area contributed by atoms with Gasteiger partial charge in [0.1, 0.15) is 10.1 Å². The van der Waals surface area contributed by atoms with E-state index in [0.717, 1.165) is 0 Å². The molecule has 0 aliphatic heterocycles. The third-order valence-corrected chi connectivity index (χ3v) is 6.55. The molecule has 7 atom stereocenters. The van der Waals surface area contributed by atoms with E-state index in [-0.39, 0.29) is 0 Å². The van der Waals surface area contributed by atoms with E-state index in [1.807, 2.05) is 0 Å². The summed E-state index contributed by atoms with van der Waals surface area (Å²) in [7, 11) is -6.87. The molecular formula is C18H28F13NO3S. The molecule has 36 heavy (non-hydrogen) atoms. The lowest BCUT2D eigenvalue weighted by molar-refractivity contribution is -0.921. The predicted molar refractivity (Wildman–Crippen MR) is 102 cm³/mol. The summed E-state index contributed by atoms with van der Waals surface area (Å²) in [6, 6.07) is 0. The van der Waals surface area contributed by atoms with Crippen molar-refractivity contribution in [3.05, 3.63) is 0 Å². The molecule has 0 saturated heterocycles. The van der Waals surface area contributed by atoms with Crippen molar-refractivity contribution in [2.45, 2.75) is 88.5 Å². The Kier molecular flexibility index (Phi) is 14.6. The molecule has 7 unspecified atom stereocenters. The molecule has 220 valence electrons. The van der Waals surface area contributed by atoms with Crippen LogP contribution in [0.2, 0.25) is 0 Å². The standard InChI is InChI=1S/C10H9F13O3S.C8H20N/c11-1(3(13)5(15)7(17)18)2(12)4(14)6(16)9(20,21)10(22,23)8(19)27(24,25)26;1-5-9(6-2,7-3)8-4/h1-8H,(H,24,25,26);5-8H2,1-4H3/q;+1/p-1. The lowest BCUT2D eigenvalue weighted by Gasteiger charge is -2.34. The van der Waals surface area contributed by atoms with Gasteiger partial charge in [-0.1, -0.05) is 0 Å². The van der Waals surface area contributed by atoms with E-state index < -0.39 is 70.9 Å². The van der Waals surface area contributed by atoms with Gasteiger partial charge in [-0.25, -0.2) is 47.9 Å². The zero-order valence-corrected chi connectivity index (χ0v) is 20.3. The molecule has 0 N–H and O–H groups in total. The minimum atomic E-state index is -6.87. The Morgan fingerprint density at radius 1 is 0.611 bits per heavy atom. The van der Waals surface area contributed by atoms with Crippen LogP contribution in [0.4, 0.5) is 57.1 Å². The Hall–Kier alpha value is -1.04. The Bertz CT molecular complexity index is 722. The van der Waals surface area contributed by atoms with Crippen LogP contribution >= 0.6 is 0 Å². The molecule has 0 aromatic heterocycles. The van der Waals surface area contributed by atoms with Gasteiger partial charge in [-0.15, -0.1) is 0 Å². The fourth-order valence-corrected chi connectivity index (χ4v) is 3.41. The van der Waals surface area contributed by atoms with Gasteiger partial charge >= 0.3 is 11.8 Å². The number of halogens is 13. The lowest BCUT2D eigenvalue weighted by atomic mass is 9.96. The maximum absolute atomic E-state index is 13.2. The summed E-state index contributed by atoms with van der Waals surface area (Å²) in [6.45, 7) is 14.2. The van der Waals surface area contributed by atoms with Crippen LogP contribution in [0.5, 0.6) is 0 Å². The van der Waals surface area contributed by atoms with E-state index >= 15 is 0 Å². The van der Waals surface area contributed by atoms with Crippen molar-refractivity contribution in [1.82, 2.24) is 0 Å². The normalized spacial score (nSPS) is 19.5. The number of hydrogen-bond acceptors (Lipinski definition) is 3. The molecular weight excluding hydrogens is 557 g/mol. The van der Waals surface area contributed by atoms with Crippen LogP contribution in [0.1, 0.15) is 27.7 Å². The van der Waals surface area contributed by atoms with Crippen LogP contribution in [0, 0.1) is 0 Å². The van der Waals surface area contributed by atoms with Crippen molar-refractivity contribution >= 4 is 10.1 Å². The molecule has 0 aliphatic carbocycles. The topological polar surface area (TPSA) is 57.2 Å². The maximum Gasteiger partial charge on any atom is 0.356 e. The van der Waals surface area contributed by atoms with Crippen molar-refractivity contribution in [2.24, 2.45) is 0 Å². The van der Waals surface area contributed by atoms with Crippen LogP contribution in [-0.4, -0.2) is 104 Å². The van der Waals surface area contributed by atoms with Gasteiger partial charge in [0.15, 0.2) is 30.9 Å².